The van der Waals surface area contributed by atoms with Gasteiger partial charge in [-0.3, -0.25) is 0 Å². The van der Waals surface area contributed by atoms with Crippen LogP contribution in [-0.4, -0.2) is 75.1 Å². The highest BCUT2D eigenvalue weighted by molar-refractivity contribution is 5.14. The molecule has 0 radical (unpaired) electrons. The Morgan fingerprint density at radius 3 is 2.39 bits per heavy atom. The summed E-state index contributed by atoms with van der Waals surface area (Å²) >= 11 is 0. The van der Waals surface area contributed by atoms with Crippen LogP contribution < -0.4 is 0 Å². The number of aliphatic hydroxyl groups is 5. The molecule has 0 aromatic rings. The van der Waals surface area contributed by atoms with Gasteiger partial charge < -0.3 is 35.0 Å². The summed E-state index contributed by atoms with van der Waals surface area (Å²) in [5.74, 6) is 0.268. The summed E-state index contributed by atoms with van der Waals surface area (Å²) in [6.45, 7) is 5.37. The summed E-state index contributed by atoms with van der Waals surface area (Å²) in [6.07, 6.45) is -4.98. The topological polar surface area (TPSA) is 120 Å². The van der Waals surface area contributed by atoms with Gasteiger partial charge in [0.15, 0.2) is 6.29 Å². The molecule has 134 valence electrons. The fourth-order valence-electron chi connectivity index (χ4n) is 3.20. The first-order valence-corrected chi connectivity index (χ1v) is 8.08. The van der Waals surface area contributed by atoms with Crippen molar-refractivity contribution in [3.63, 3.8) is 0 Å². The molecule has 0 spiro atoms. The molecule has 0 amide bonds. The average Bonchev–Trinajstić information content (AvgIpc) is 2.50. The Kier molecular flexibility index (Phi) is 6.18. The maximum atomic E-state index is 10.1. The number of rotatable bonds is 4. The van der Waals surface area contributed by atoms with Crippen LogP contribution in [-0.2, 0) is 9.47 Å². The highest BCUT2D eigenvalue weighted by Gasteiger charge is 2.45. The van der Waals surface area contributed by atoms with Gasteiger partial charge in [-0.25, -0.2) is 0 Å². The summed E-state index contributed by atoms with van der Waals surface area (Å²) in [5.41, 5.74) is 0.788. The SMILES string of the molecule is CC1=C[C@@H](O[C@@H]2O[C@H](CO)[C@@H](O)[C@H](O)[C@H]2O)[C@@H](C(C)C)C[C@H]1O. The van der Waals surface area contributed by atoms with E-state index in [9.17, 15) is 25.5 Å². The van der Waals surface area contributed by atoms with Crippen LogP contribution in [0.4, 0.5) is 0 Å². The highest BCUT2D eigenvalue weighted by atomic mass is 16.7. The Labute approximate surface area is 136 Å². The third kappa shape index (κ3) is 3.93. The van der Waals surface area contributed by atoms with Crippen molar-refractivity contribution in [3.8, 4) is 0 Å². The molecule has 5 N–H and O–H groups in total. The van der Waals surface area contributed by atoms with Gasteiger partial charge in [-0.1, -0.05) is 19.9 Å². The molecule has 23 heavy (non-hydrogen) atoms. The molecule has 8 atom stereocenters. The molecule has 7 nitrogen and oxygen atoms in total. The minimum atomic E-state index is -1.46. The smallest absolute Gasteiger partial charge is 0.187 e. The Morgan fingerprint density at radius 1 is 1.17 bits per heavy atom. The Morgan fingerprint density at radius 2 is 1.83 bits per heavy atom. The van der Waals surface area contributed by atoms with Crippen molar-refractivity contribution >= 4 is 0 Å². The first-order chi connectivity index (χ1) is 10.8. The molecule has 0 aromatic carbocycles. The van der Waals surface area contributed by atoms with Gasteiger partial charge in [0, 0.05) is 0 Å². The lowest BCUT2D eigenvalue weighted by Gasteiger charge is -2.43. The van der Waals surface area contributed by atoms with Crippen molar-refractivity contribution in [1.82, 2.24) is 0 Å². The monoisotopic (exact) mass is 332 g/mol. The van der Waals surface area contributed by atoms with Crippen molar-refractivity contribution in [3.05, 3.63) is 11.6 Å². The average molecular weight is 332 g/mol. The van der Waals surface area contributed by atoms with Crippen LogP contribution in [0.25, 0.3) is 0 Å². The molecule has 0 bridgehead atoms. The van der Waals surface area contributed by atoms with E-state index in [-0.39, 0.29) is 17.9 Å². The number of ether oxygens (including phenoxy) is 2. The third-order valence-electron chi connectivity index (χ3n) is 4.87. The van der Waals surface area contributed by atoms with Crippen LogP contribution in [0.3, 0.4) is 0 Å². The van der Waals surface area contributed by atoms with Crippen LogP contribution in [0.15, 0.2) is 11.6 Å². The van der Waals surface area contributed by atoms with Crippen LogP contribution in [0.1, 0.15) is 27.2 Å². The second-order valence-electron chi connectivity index (χ2n) is 6.87. The zero-order valence-electron chi connectivity index (χ0n) is 13.7. The van der Waals surface area contributed by atoms with Gasteiger partial charge in [0.25, 0.3) is 0 Å². The molecule has 0 aromatic heterocycles. The molecule has 2 aliphatic rings. The lowest BCUT2D eigenvalue weighted by molar-refractivity contribution is -0.312. The van der Waals surface area contributed by atoms with Crippen molar-refractivity contribution in [2.75, 3.05) is 6.61 Å². The van der Waals surface area contributed by atoms with E-state index in [1.54, 1.807) is 6.08 Å². The van der Waals surface area contributed by atoms with E-state index in [0.29, 0.717) is 6.42 Å². The quantitative estimate of drug-likeness (QED) is 0.426. The molecule has 1 heterocycles. The summed E-state index contributed by atoms with van der Waals surface area (Å²) < 4.78 is 11.2. The van der Waals surface area contributed by atoms with Crippen molar-refractivity contribution in [2.24, 2.45) is 11.8 Å². The minimum absolute atomic E-state index is 0.0288. The number of hydrogen-bond donors (Lipinski definition) is 5. The zero-order chi connectivity index (χ0) is 17.3. The number of hydrogen-bond acceptors (Lipinski definition) is 7. The Hall–Kier alpha value is -0.540. The van der Waals surface area contributed by atoms with Gasteiger partial charge in [0.1, 0.15) is 24.4 Å². The zero-order valence-corrected chi connectivity index (χ0v) is 13.7. The van der Waals surface area contributed by atoms with Gasteiger partial charge in [0.05, 0.1) is 18.8 Å². The van der Waals surface area contributed by atoms with E-state index in [1.807, 2.05) is 20.8 Å². The summed E-state index contributed by atoms with van der Waals surface area (Å²) in [4.78, 5) is 0. The van der Waals surface area contributed by atoms with Crippen LogP contribution in [0, 0.1) is 11.8 Å². The first kappa shape index (κ1) is 18.8. The molecule has 0 unspecified atom stereocenters. The second-order valence-corrected chi connectivity index (χ2v) is 6.87. The molecule has 1 aliphatic heterocycles. The van der Waals surface area contributed by atoms with Gasteiger partial charge in [0.2, 0.25) is 0 Å². The largest absolute Gasteiger partial charge is 0.394 e. The molecule has 1 fully saturated rings. The van der Waals surface area contributed by atoms with Crippen LogP contribution >= 0.6 is 0 Å². The van der Waals surface area contributed by atoms with Gasteiger partial charge in [-0.15, -0.1) is 0 Å². The van der Waals surface area contributed by atoms with Crippen molar-refractivity contribution in [1.29, 1.82) is 0 Å². The normalized spacial score (nSPS) is 45.2. The molecule has 0 saturated carbocycles. The second kappa shape index (κ2) is 7.57. The van der Waals surface area contributed by atoms with E-state index in [1.165, 1.54) is 0 Å². The van der Waals surface area contributed by atoms with Crippen LogP contribution in [0.2, 0.25) is 0 Å². The summed E-state index contributed by atoms with van der Waals surface area (Å²) in [6, 6.07) is 0. The van der Waals surface area contributed by atoms with Crippen LogP contribution in [0.5, 0.6) is 0 Å². The predicted molar refractivity (Wildman–Crippen MR) is 81.3 cm³/mol. The fraction of sp³-hybridized carbons (Fsp3) is 0.875. The number of aliphatic hydroxyl groups excluding tert-OH is 5. The molecular formula is C16H28O7. The predicted octanol–water partition coefficient (Wildman–Crippen LogP) is -0.845. The Bertz CT molecular complexity index is 423. The van der Waals surface area contributed by atoms with E-state index >= 15 is 0 Å². The lowest BCUT2D eigenvalue weighted by atomic mass is 9.79. The van der Waals surface area contributed by atoms with E-state index in [4.69, 9.17) is 9.47 Å². The standard InChI is InChI=1S/C16H28O7/c1-7(2)9-5-10(18)8(3)4-11(9)22-16-15(21)14(20)13(19)12(6-17)23-16/h4,7,9-21H,5-6H2,1-3H3/t9-,10-,11-,12-,13-,14+,15-,16-/m1/s1. The third-order valence-corrected chi connectivity index (χ3v) is 4.87. The fourth-order valence-corrected chi connectivity index (χ4v) is 3.20. The maximum absolute atomic E-state index is 10.1. The summed E-state index contributed by atoms with van der Waals surface area (Å²) in [7, 11) is 0. The molecule has 7 heteroatoms. The lowest BCUT2D eigenvalue weighted by Crippen LogP contribution is -2.60. The van der Waals surface area contributed by atoms with Gasteiger partial charge in [-0.2, -0.15) is 0 Å². The van der Waals surface area contributed by atoms with E-state index in [2.05, 4.69) is 0 Å². The van der Waals surface area contributed by atoms with Gasteiger partial charge in [-0.05, 0) is 30.8 Å². The molecule has 2 rings (SSSR count). The Balaban J connectivity index is 2.15. The van der Waals surface area contributed by atoms with E-state index < -0.39 is 43.4 Å². The molecule has 1 saturated heterocycles. The first-order valence-electron chi connectivity index (χ1n) is 8.08. The summed E-state index contributed by atoms with van der Waals surface area (Å²) in [5, 5.41) is 49.0. The minimum Gasteiger partial charge on any atom is -0.394 e. The highest BCUT2D eigenvalue weighted by Crippen LogP contribution is 2.34. The van der Waals surface area contributed by atoms with Gasteiger partial charge >= 0.3 is 0 Å². The van der Waals surface area contributed by atoms with E-state index in [0.717, 1.165) is 5.57 Å². The van der Waals surface area contributed by atoms with Crippen molar-refractivity contribution < 1.29 is 35.0 Å². The molecular weight excluding hydrogens is 304 g/mol. The van der Waals surface area contributed by atoms with Crippen molar-refractivity contribution in [2.45, 2.75) is 70.1 Å². The molecule has 1 aliphatic carbocycles. The maximum Gasteiger partial charge on any atom is 0.187 e.